The van der Waals surface area contributed by atoms with Crippen molar-refractivity contribution in [3.8, 4) is 0 Å². The number of nitrogens with zero attached hydrogens (tertiary/aromatic N) is 1. The van der Waals surface area contributed by atoms with Crippen LogP contribution in [0.4, 0.5) is 0 Å². The summed E-state index contributed by atoms with van der Waals surface area (Å²) in [7, 11) is 0. The molecule has 0 aromatic heterocycles. The highest BCUT2D eigenvalue weighted by molar-refractivity contribution is 5.85. The topological polar surface area (TPSA) is 46.3 Å². The predicted octanol–water partition coefficient (Wildman–Crippen LogP) is 1.79. The second-order valence-corrected chi connectivity index (χ2v) is 5.25. The SMILES string of the molecule is CC(N)C1CCCN(C(=O)CC2CC2)C1.Cl. The summed E-state index contributed by atoms with van der Waals surface area (Å²) in [6, 6.07) is 0.224. The summed E-state index contributed by atoms with van der Waals surface area (Å²) in [6.45, 7) is 3.90. The third-order valence-electron chi connectivity index (χ3n) is 3.71. The molecule has 3 nitrogen and oxygen atoms in total. The molecule has 2 fully saturated rings. The number of likely N-dealkylation sites (tertiary alicyclic amines) is 1. The molecule has 2 unspecified atom stereocenters. The Labute approximate surface area is 104 Å². The van der Waals surface area contributed by atoms with Crippen LogP contribution in [0.25, 0.3) is 0 Å². The lowest BCUT2D eigenvalue weighted by molar-refractivity contribution is -0.133. The minimum Gasteiger partial charge on any atom is -0.342 e. The van der Waals surface area contributed by atoms with E-state index in [0.717, 1.165) is 25.9 Å². The monoisotopic (exact) mass is 246 g/mol. The first kappa shape index (κ1) is 13.8. The smallest absolute Gasteiger partial charge is 0.222 e. The molecule has 1 heterocycles. The molecule has 1 saturated heterocycles. The van der Waals surface area contributed by atoms with E-state index in [4.69, 9.17) is 5.73 Å². The zero-order valence-electron chi connectivity index (χ0n) is 10.0. The average Bonchev–Trinajstić information content (AvgIpc) is 3.02. The van der Waals surface area contributed by atoms with Gasteiger partial charge >= 0.3 is 0 Å². The number of hydrogen-bond acceptors (Lipinski definition) is 2. The van der Waals surface area contributed by atoms with Crippen LogP contribution in [0, 0.1) is 11.8 Å². The maximum Gasteiger partial charge on any atom is 0.222 e. The Hall–Kier alpha value is -0.280. The van der Waals surface area contributed by atoms with Crippen LogP contribution >= 0.6 is 12.4 Å². The fourth-order valence-corrected chi connectivity index (χ4v) is 2.36. The lowest BCUT2D eigenvalue weighted by atomic mass is 9.92. The first-order valence-corrected chi connectivity index (χ1v) is 6.20. The minimum absolute atomic E-state index is 0. The van der Waals surface area contributed by atoms with Crippen molar-refractivity contribution >= 4 is 18.3 Å². The average molecular weight is 247 g/mol. The number of nitrogens with two attached hydrogens (primary N) is 1. The number of carbonyl (C=O) groups excluding carboxylic acids is 1. The van der Waals surface area contributed by atoms with Gasteiger partial charge in [0, 0.05) is 25.6 Å². The van der Waals surface area contributed by atoms with E-state index in [2.05, 4.69) is 6.92 Å². The summed E-state index contributed by atoms with van der Waals surface area (Å²) >= 11 is 0. The largest absolute Gasteiger partial charge is 0.342 e. The third-order valence-corrected chi connectivity index (χ3v) is 3.71. The quantitative estimate of drug-likeness (QED) is 0.826. The summed E-state index contributed by atoms with van der Waals surface area (Å²) < 4.78 is 0. The Kier molecular flexibility index (Phi) is 5.06. The van der Waals surface area contributed by atoms with E-state index in [-0.39, 0.29) is 18.4 Å². The van der Waals surface area contributed by atoms with Gasteiger partial charge < -0.3 is 10.6 Å². The molecule has 0 aromatic rings. The van der Waals surface area contributed by atoms with E-state index < -0.39 is 0 Å². The van der Waals surface area contributed by atoms with E-state index in [1.165, 1.54) is 19.3 Å². The summed E-state index contributed by atoms with van der Waals surface area (Å²) in [6.07, 6.45) is 5.62. The Morgan fingerprint density at radius 1 is 1.44 bits per heavy atom. The maximum atomic E-state index is 11.9. The maximum absolute atomic E-state index is 11.9. The molecule has 2 atom stereocenters. The first-order chi connectivity index (χ1) is 7.16. The second kappa shape index (κ2) is 5.87. The zero-order chi connectivity index (χ0) is 10.8. The van der Waals surface area contributed by atoms with Crippen molar-refractivity contribution in [2.45, 2.75) is 45.1 Å². The van der Waals surface area contributed by atoms with Gasteiger partial charge in [-0.25, -0.2) is 0 Å². The molecule has 0 spiro atoms. The normalized spacial score (nSPS) is 27.1. The van der Waals surface area contributed by atoms with Gasteiger partial charge in [-0.05, 0) is 44.4 Å². The highest BCUT2D eigenvalue weighted by Gasteiger charge is 2.30. The molecule has 2 rings (SSSR count). The van der Waals surface area contributed by atoms with Crippen molar-refractivity contribution in [3.63, 3.8) is 0 Å². The standard InChI is InChI=1S/C12H22N2O.ClH/c1-9(13)11-3-2-6-14(8-11)12(15)7-10-4-5-10;/h9-11H,2-8,13H2,1H3;1H. The minimum atomic E-state index is 0. The first-order valence-electron chi connectivity index (χ1n) is 6.20. The van der Waals surface area contributed by atoms with Crippen LogP contribution in [0.2, 0.25) is 0 Å². The van der Waals surface area contributed by atoms with E-state index >= 15 is 0 Å². The Balaban J connectivity index is 0.00000128. The summed E-state index contributed by atoms with van der Waals surface area (Å²) in [5, 5.41) is 0. The van der Waals surface area contributed by atoms with Crippen molar-refractivity contribution in [1.82, 2.24) is 4.90 Å². The van der Waals surface area contributed by atoms with E-state index in [0.29, 0.717) is 17.7 Å². The number of amides is 1. The van der Waals surface area contributed by atoms with Gasteiger partial charge in [-0.3, -0.25) is 4.79 Å². The van der Waals surface area contributed by atoms with Crippen LogP contribution in [0.15, 0.2) is 0 Å². The molecule has 1 amide bonds. The molecule has 94 valence electrons. The zero-order valence-corrected chi connectivity index (χ0v) is 10.8. The molecule has 16 heavy (non-hydrogen) atoms. The van der Waals surface area contributed by atoms with E-state index in [1.54, 1.807) is 0 Å². The molecule has 0 bridgehead atoms. The molecule has 0 aromatic carbocycles. The highest BCUT2D eigenvalue weighted by atomic mass is 35.5. The number of carbonyl (C=O) groups is 1. The summed E-state index contributed by atoms with van der Waals surface area (Å²) in [5.41, 5.74) is 5.91. The number of rotatable bonds is 3. The molecule has 1 saturated carbocycles. The third kappa shape index (κ3) is 3.63. The van der Waals surface area contributed by atoms with Crippen molar-refractivity contribution in [2.75, 3.05) is 13.1 Å². The van der Waals surface area contributed by atoms with Gasteiger partial charge in [0.15, 0.2) is 0 Å². The summed E-state index contributed by atoms with van der Waals surface area (Å²) in [4.78, 5) is 13.9. The van der Waals surface area contributed by atoms with Crippen LogP contribution in [-0.2, 0) is 4.79 Å². The Morgan fingerprint density at radius 2 is 2.12 bits per heavy atom. The highest BCUT2D eigenvalue weighted by Crippen LogP contribution is 2.33. The lowest BCUT2D eigenvalue weighted by Crippen LogP contribution is -2.45. The van der Waals surface area contributed by atoms with Gasteiger partial charge in [0.2, 0.25) is 5.91 Å². The molecule has 1 aliphatic heterocycles. The fourth-order valence-electron chi connectivity index (χ4n) is 2.36. The van der Waals surface area contributed by atoms with Crippen molar-refractivity contribution < 1.29 is 4.79 Å². The molecule has 2 aliphatic rings. The van der Waals surface area contributed by atoms with Gasteiger partial charge in [-0.1, -0.05) is 0 Å². The van der Waals surface area contributed by atoms with Gasteiger partial charge in [0.05, 0.1) is 0 Å². The molecular weight excluding hydrogens is 224 g/mol. The molecule has 4 heteroatoms. The van der Waals surface area contributed by atoms with Gasteiger partial charge in [0.25, 0.3) is 0 Å². The van der Waals surface area contributed by atoms with Crippen LogP contribution in [-0.4, -0.2) is 29.9 Å². The van der Waals surface area contributed by atoms with Crippen LogP contribution in [0.5, 0.6) is 0 Å². The predicted molar refractivity (Wildman–Crippen MR) is 67.5 cm³/mol. The van der Waals surface area contributed by atoms with Crippen molar-refractivity contribution in [2.24, 2.45) is 17.6 Å². The fraction of sp³-hybridized carbons (Fsp3) is 0.917. The Bertz CT molecular complexity index is 241. The number of piperidine rings is 1. The second-order valence-electron chi connectivity index (χ2n) is 5.25. The van der Waals surface area contributed by atoms with Crippen molar-refractivity contribution in [3.05, 3.63) is 0 Å². The van der Waals surface area contributed by atoms with Gasteiger partial charge in [0.1, 0.15) is 0 Å². The van der Waals surface area contributed by atoms with Crippen LogP contribution < -0.4 is 5.73 Å². The van der Waals surface area contributed by atoms with Crippen molar-refractivity contribution in [1.29, 1.82) is 0 Å². The van der Waals surface area contributed by atoms with Gasteiger partial charge in [-0.15, -0.1) is 12.4 Å². The molecule has 1 aliphatic carbocycles. The lowest BCUT2D eigenvalue weighted by Gasteiger charge is -2.34. The van der Waals surface area contributed by atoms with Crippen LogP contribution in [0.1, 0.15) is 39.0 Å². The van der Waals surface area contributed by atoms with Crippen LogP contribution in [0.3, 0.4) is 0 Å². The van der Waals surface area contributed by atoms with E-state index in [9.17, 15) is 4.79 Å². The number of halogens is 1. The Morgan fingerprint density at radius 3 is 2.69 bits per heavy atom. The molecular formula is C12H23ClN2O. The molecule has 2 N–H and O–H groups in total. The molecule has 0 radical (unpaired) electrons. The van der Waals surface area contributed by atoms with Gasteiger partial charge in [-0.2, -0.15) is 0 Å². The number of hydrogen-bond donors (Lipinski definition) is 1. The van der Waals surface area contributed by atoms with E-state index in [1.807, 2.05) is 4.90 Å². The summed E-state index contributed by atoms with van der Waals surface area (Å²) in [5.74, 6) is 1.58.